The average molecular weight is 417 g/mol. The van der Waals surface area contributed by atoms with Crippen molar-refractivity contribution >= 4 is 11.9 Å². The number of ether oxygens (including phenoxy) is 3. The molecule has 0 aliphatic heterocycles. The zero-order valence-electron chi connectivity index (χ0n) is 16.9. The van der Waals surface area contributed by atoms with E-state index in [1.807, 2.05) is 30.3 Å². The second kappa shape index (κ2) is 9.00. The second-order valence-corrected chi connectivity index (χ2v) is 6.41. The highest BCUT2D eigenvalue weighted by Crippen LogP contribution is 2.30. The Kier molecular flexibility index (Phi) is 5.79. The summed E-state index contributed by atoms with van der Waals surface area (Å²) >= 11 is 0. The summed E-state index contributed by atoms with van der Waals surface area (Å²) in [5, 5.41) is 10.5. The SMILES string of the molecule is COc1cc(OC)cc(-c2nnc(NC(=O)c3cccc(Oc4ccccc4)c3)o2)c1. The molecule has 4 aromatic rings. The molecule has 8 heteroatoms. The minimum atomic E-state index is -0.406. The number of carbonyl (C=O) groups excluding carboxylic acids is 1. The molecule has 0 aliphatic rings. The summed E-state index contributed by atoms with van der Waals surface area (Å²) in [5.74, 6) is 2.18. The van der Waals surface area contributed by atoms with Gasteiger partial charge in [-0.3, -0.25) is 10.1 Å². The fourth-order valence-corrected chi connectivity index (χ4v) is 2.82. The zero-order valence-corrected chi connectivity index (χ0v) is 16.9. The first kappa shape index (κ1) is 20.0. The number of hydrogen-bond acceptors (Lipinski definition) is 7. The normalized spacial score (nSPS) is 10.4. The van der Waals surface area contributed by atoms with E-state index in [-0.39, 0.29) is 11.9 Å². The van der Waals surface area contributed by atoms with Crippen molar-refractivity contribution in [3.63, 3.8) is 0 Å². The van der Waals surface area contributed by atoms with Crippen molar-refractivity contribution in [1.29, 1.82) is 0 Å². The van der Waals surface area contributed by atoms with Crippen LogP contribution in [0.1, 0.15) is 10.4 Å². The Labute approximate surface area is 178 Å². The molecule has 31 heavy (non-hydrogen) atoms. The van der Waals surface area contributed by atoms with Gasteiger partial charge in [0.05, 0.1) is 14.2 Å². The Morgan fingerprint density at radius 2 is 1.52 bits per heavy atom. The molecule has 0 atom stereocenters. The van der Waals surface area contributed by atoms with Crippen molar-refractivity contribution in [2.45, 2.75) is 0 Å². The van der Waals surface area contributed by atoms with Gasteiger partial charge in [-0.2, -0.15) is 0 Å². The summed E-state index contributed by atoms with van der Waals surface area (Å²) in [6.45, 7) is 0. The zero-order chi connectivity index (χ0) is 21.6. The summed E-state index contributed by atoms with van der Waals surface area (Å²) < 4.78 is 21.9. The molecule has 0 fully saturated rings. The fraction of sp³-hybridized carbons (Fsp3) is 0.0870. The highest BCUT2D eigenvalue weighted by Gasteiger charge is 2.15. The molecular formula is C23H19N3O5. The lowest BCUT2D eigenvalue weighted by Gasteiger charge is -2.07. The molecule has 3 aromatic carbocycles. The van der Waals surface area contributed by atoms with Gasteiger partial charge >= 0.3 is 6.01 Å². The van der Waals surface area contributed by atoms with E-state index in [1.54, 1.807) is 56.7 Å². The summed E-state index contributed by atoms with van der Waals surface area (Å²) in [6.07, 6.45) is 0. The summed E-state index contributed by atoms with van der Waals surface area (Å²) in [5.41, 5.74) is 0.985. The van der Waals surface area contributed by atoms with Crippen LogP contribution in [0, 0.1) is 0 Å². The molecule has 8 nitrogen and oxygen atoms in total. The molecule has 1 N–H and O–H groups in total. The van der Waals surface area contributed by atoms with Crippen LogP contribution in [-0.4, -0.2) is 30.3 Å². The third kappa shape index (κ3) is 4.81. The minimum absolute atomic E-state index is 0.0313. The van der Waals surface area contributed by atoms with Crippen molar-refractivity contribution in [2.75, 3.05) is 19.5 Å². The molecule has 156 valence electrons. The molecule has 0 aliphatic carbocycles. The Bertz CT molecular complexity index is 1170. The number of carbonyl (C=O) groups is 1. The fourth-order valence-electron chi connectivity index (χ4n) is 2.82. The van der Waals surface area contributed by atoms with Crippen LogP contribution in [0.4, 0.5) is 6.01 Å². The molecular weight excluding hydrogens is 398 g/mol. The number of hydrogen-bond donors (Lipinski definition) is 1. The van der Waals surface area contributed by atoms with Gasteiger partial charge in [0, 0.05) is 17.2 Å². The van der Waals surface area contributed by atoms with Gasteiger partial charge in [0.1, 0.15) is 23.0 Å². The van der Waals surface area contributed by atoms with Crippen LogP contribution in [0.25, 0.3) is 11.5 Å². The van der Waals surface area contributed by atoms with Gasteiger partial charge in [-0.1, -0.05) is 29.4 Å². The lowest BCUT2D eigenvalue weighted by Crippen LogP contribution is -2.12. The second-order valence-electron chi connectivity index (χ2n) is 6.41. The van der Waals surface area contributed by atoms with E-state index in [4.69, 9.17) is 18.6 Å². The largest absolute Gasteiger partial charge is 0.497 e. The standard InChI is InChI=1S/C23H19N3O5/c1-28-19-12-16(13-20(14-19)29-2)22-25-26-23(31-22)24-21(27)15-7-6-10-18(11-15)30-17-8-4-3-5-9-17/h3-14H,1-2H3,(H,24,26,27). The number of rotatable bonds is 7. The summed E-state index contributed by atoms with van der Waals surface area (Å²) in [6, 6.07) is 21.3. The van der Waals surface area contributed by atoms with Crippen molar-refractivity contribution in [3.8, 4) is 34.5 Å². The number of para-hydroxylation sites is 1. The van der Waals surface area contributed by atoms with E-state index in [1.165, 1.54) is 0 Å². The van der Waals surface area contributed by atoms with Crippen molar-refractivity contribution in [3.05, 3.63) is 78.4 Å². The molecule has 1 amide bonds. The number of methoxy groups -OCH3 is 2. The van der Waals surface area contributed by atoms with Crippen LogP contribution in [-0.2, 0) is 0 Å². The van der Waals surface area contributed by atoms with E-state index >= 15 is 0 Å². The van der Waals surface area contributed by atoms with Crippen LogP contribution >= 0.6 is 0 Å². The topological polar surface area (TPSA) is 95.7 Å². The third-order valence-electron chi connectivity index (χ3n) is 4.32. The molecule has 0 unspecified atom stereocenters. The monoisotopic (exact) mass is 417 g/mol. The molecule has 1 aromatic heterocycles. The van der Waals surface area contributed by atoms with Crippen LogP contribution in [0.5, 0.6) is 23.0 Å². The number of benzene rings is 3. The quantitative estimate of drug-likeness (QED) is 0.461. The molecule has 0 spiro atoms. The highest BCUT2D eigenvalue weighted by molar-refractivity contribution is 6.03. The van der Waals surface area contributed by atoms with E-state index < -0.39 is 5.91 Å². The maximum absolute atomic E-state index is 12.6. The molecule has 1 heterocycles. The van der Waals surface area contributed by atoms with Gasteiger partial charge in [0.25, 0.3) is 5.91 Å². The van der Waals surface area contributed by atoms with Crippen LogP contribution in [0.2, 0.25) is 0 Å². The van der Waals surface area contributed by atoms with Crippen molar-refractivity contribution in [1.82, 2.24) is 10.2 Å². The molecule has 4 rings (SSSR count). The Balaban J connectivity index is 1.49. The number of anilines is 1. The van der Waals surface area contributed by atoms with Crippen LogP contribution in [0.15, 0.2) is 77.2 Å². The van der Waals surface area contributed by atoms with E-state index in [9.17, 15) is 4.79 Å². The van der Waals surface area contributed by atoms with Crippen molar-refractivity contribution in [2.24, 2.45) is 0 Å². The molecule has 0 bridgehead atoms. The van der Waals surface area contributed by atoms with Gasteiger partial charge in [-0.25, -0.2) is 0 Å². The summed E-state index contributed by atoms with van der Waals surface area (Å²) in [7, 11) is 3.10. The maximum Gasteiger partial charge on any atom is 0.322 e. The average Bonchev–Trinajstić information content (AvgIpc) is 3.28. The van der Waals surface area contributed by atoms with Gasteiger partial charge in [-0.05, 0) is 42.5 Å². The van der Waals surface area contributed by atoms with E-state index in [2.05, 4.69) is 15.5 Å². The lowest BCUT2D eigenvalue weighted by atomic mass is 10.2. The van der Waals surface area contributed by atoms with Crippen LogP contribution in [0.3, 0.4) is 0 Å². The molecule has 0 saturated carbocycles. The predicted molar refractivity (Wildman–Crippen MR) is 114 cm³/mol. The van der Waals surface area contributed by atoms with Gasteiger partial charge in [0.2, 0.25) is 5.89 Å². The molecule has 0 radical (unpaired) electrons. The number of amides is 1. The van der Waals surface area contributed by atoms with Crippen LogP contribution < -0.4 is 19.5 Å². The minimum Gasteiger partial charge on any atom is -0.497 e. The Morgan fingerprint density at radius 3 is 2.23 bits per heavy atom. The Morgan fingerprint density at radius 1 is 0.806 bits per heavy atom. The number of nitrogens with one attached hydrogen (secondary N) is 1. The van der Waals surface area contributed by atoms with Gasteiger partial charge < -0.3 is 18.6 Å². The predicted octanol–water partition coefficient (Wildman–Crippen LogP) is 4.80. The first-order valence-corrected chi connectivity index (χ1v) is 9.36. The van der Waals surface area contributed by atoms with E-state index in [0.29, 0.717) is 34.1 Å². The maximum atomic E-state index is 12.6. The number of nitrogens with zero attached hydrogens (tertiary/aromatic N) is 2. The van der Waals surface area contributed by atoms with Crippen molar-refractivity contribution < 1.29 is 23.4 Å². The Hall–Kier alpha value is -4.33. The highest BCUT2D eigenvalue weighted by atomic mass is 16.5. The first-order valence-electron chi connectivity index (χ1n) is 9.36. The summed E-state index contributed by atoms with van der Waals surface area (Å²) in [4.78, 5) is 12.6. The lowest BCUT2D eigenvalue weighted by molar-refractivity contribution is 0.102. The third-order valence-corrected chi connectivity index (χ3v) is 4.32. The number of aromatic nitrogens is 2. The smallest absolute Gasteiger partial charge is 0.322 e. The first-order chi connectivity index (χ1) is 15.1. The van der Waals surface area contributed by atoms with E-state index in [0.717, 1.165) is 0 Å². The molecule has 0 saturated heterocycles. The van der Waals surface area contributed by atoms with Gasteiger partial charge in [-0.15, -0.1) is 5.10 Å². The van der Waals surface area contributed by atoms with Gasteiger partial charge in [0.15, 0.2) is 0 Å².